The molecule has 9 heteroatoms. The van der Waals surface area contributed by atoms with Crippen LogP contribution in [0.15, 0.2) is 52.1 Å². The van der Waals surface area contributed by atoms with Crippen molar-refractivity contribution in [1.29, 1.82) is 0 Å². The first-order chi connectivity index (χ1) is 13.5. The molecule has 1 aromatic heterocycles. The molecule has 0 spiro atoms. The van der Waals surface area contributed by atoms with E-state index in [2.05, 4.69) is 27.3 Å². The quantitative estimate of drug-likeness (QED) is 0.248. The van der Waals surface area contributed by atoms with Gasteiger partial charge in [-0.15, -0.1) is 24.0 Å². The minimum absolute atomic E-state index is 0. The van der Waals surface area contributed by atoms with Crippen molar-refractivity contribution >= 4 is 29.9 Å². The van der Waals surface area contributed by atoms with E-state index in [1.165, 1.54) is 12.1 Å². The van der Waals surface area contributed by atoms with Crippen molar-refractivity contribution in [2.75, 3.05) is 13.1 Å². The lowest BCUT2D eigenvalue weighted by atomic mass is 10.1. The van der Waals surface area contributed by atoms with Gasteiger partial charge in [-0.2, -0.15) is 8.78 Å². The fourth-order valence-electron chi connectivity index (χ4n) is 2.40. The van der Waals surface area contributed by atoms with Gasteiger partial charge in [-0.1, -0.05) is 19.1 Å². The fourth-order valence-corrected chi connectivity index (χ4v) is 2.40. The highest BCUT2D eigenvalue weighted by Gasteiger charge is 2.10. The number of halogens is 3. The van der Waals surface area contributed by atoms with Gasteiger partial charge < -0.3 is 24.9 Å². The van der Waals surface area contributed by atoms with Crippen LogP contribution in [0.2, 0.25) is 0 Å². The van der Waals surface area contributed by atoms with E-state index < -0.39 is 12.7 Å². The van der Waals surface area contributed by atoms with Gasteiger partial charge in [0.25, 0.3) is 0 Å². The number of guanidine groups is 1. The molecule has 1 heterocycles. The predicted molar refractivity (Wildman–Crippen MR) is 119 cm³/mol. The van der Waals surface area contributed by atoms with Crippen LogP contribution < -0.4 is 15.4 Å². The Bertz CT molecular complexity index is 712. The lowest BCUT2D eigenvalue weighted by molar-refractivity contribution is -0.0498. The molecule has 0 fully saturated rings. The number of furan rings is 1. The van der Waals surface area contributed by atoms with E-state index in [1.54, 1.807) is 18.4 Å². The highest BCUT2D eigenvalue weighted by Crippen LogP contribution is 2.19. The Morgan fingerprint density at radius 3 is 2.55 bits per heavy atom. The van der Waals surface area contributed by atoms with Gasteiger partial charge in [0, 0.05) is 19.0 Å². The smallest absolute Gasteiger partial charge is 0.387 e. The summed E-state index contributed by atoms with van der Waals surface area (Å²) in [4.78, 5) is 4.44. The maximum Gasteiger partial charge on any atom is 0.387 e. The second-order valence-corrected chi connectivity index (χ2v) is 6.36. The predicted octanol–water partition coefficient (Wildman–Crippen LogP) is 4.11. The molecule has 3 N–H and O–H groups in total. The van der Waals surface area contributed by atoms with Crippen LogP contribution in [0.4, 0.5) is 8.78 Å². The first-order valence-corrected chi connectivity index (χ1v) is 9.28. The molecular formula is C20H28F2IN3O3. The Morgan fingerprint density at radius 2 is 1.97 bits per heavy atom. The monoisotopic (exact) mass is 523 g/mol. The van der Waals surface area contributed by atoms with E-state index >= 15 is 0 Å². The molecule has 2 unspecified atom stereocenters. The number of hydrogen-bond acceptors (Lipinski definition) is 4. The van der Waals surface area contributed by atoms with E-state index in [0.29, 0.717) is 24.5 Å². The molecule has 0 saturated carbocycles. The summed E-state index contributed by atoms with van der Waals surface area (Å²) in [7, 11) is 0. The molecule has 0 aliphatic carbocycles. The highest BCUT2D eigenvalue weighted by atomic mass is 127. The molecule has 29 heavy (non-hydrogen) atoms. The third kappa shape index (κ3) is 9.44. The van der Waals surface area contributed by atoms with Crippen LogP contribution in [0, 0.1) is 0 Å². The average molecular weight is 523 g/mol. The van der Waals surface area contributed by atoms with Gasteiger partial charge in [0.15, 0.2) is 5.96 Å². The summed E-state index contributed by atoms with van der Waals surface area (Å²) in [5, 5.41) is 16.8. The molecule has 2 atom stereocenters. The lowest BCUT2D eigenvalue weighted by Crippen LogP contribution is -2.43. The zero-order chi connectivity index (χ0) is 20.4. The summed E-state index contributed by atoms with van der Waals surface area (Å²) in [5.41, 5.74) is 0.573. The SMILES string of the molecule is CCC(C)NC(=NCC(O)c1ccc(OC(F)F)cc1)NCCc1ccco1.I. The summed E-state index contributed by atoms with van der Waals surface area (Å²) in [6.07, 6.45) is 2.41. The van der Waals surface area contributed by atoms with E-state index in [4.69, 9.17) is 4.42 Å². The van der Waals surface area contributed by atoms with Crippen LogP contribution in [-0.2, 0) is 6.42 Å². The molecular weight excluding hydrogens is 495 g/mol. The molecule has 162 valence electrons. The van der Waals surface area contributed by atoms with Gasteiger partial charge in [-0.25, -0.2) is 0 Å². The van der Waals surface area contributed by atoms with Gasteiger partial charge >= 0.3 is 6.61 Å². The van der Waals surface area contributed by atoms with Crippen LogP contribution >= 0.6 is 24.0 Å². The van der Waals surface area contributed by atoms with Crippen LogP contribution in [0.1, 0.15) is 37.7 Å². The van der Waals surface area contributed by atoms with Gasteiger partial charge in [0.1, 0.15) is 11.5 Å². The first-order valence-electron chi connectivity index (χ1n) is 9.28. The Morgan fingerprint density at radius 1 is 1.24 bits per heavy atom. The number of hydrogen-bond donors (Lipinski definition) is 3. The van der Waals surface area contributed by atoms with Crippen molar-refractivity contribution in [3.8, 4) is 5.75 Å². The Balaban J connectivity index is 0.00000420. The normalized spacial score (nSPS) is 13.5. The van der Waals surface area contributed by atoms with Crippen LogP contribution in [0.3, 0.4) is 0 Å². The second kappa shape index (κ2) is 13.4. The maximum atomic E-state index is 12.2. The van der Waals surface area contributed by atoms with E-state index in [0.717, 1.165) is 12.2 Å². The fraction of sp³-hybridized carbons (Fsp3) is 0.450. The topological polar surface area (TPSA) is 79.0 Å². The standard InChI is InChI=1S/C20H27F2N3O3.HI/c1-3-14(2)25-20(23-11-10-16-5-4-12-27-16)24-13-18(26)15-6-8-17(9-7-15)28-19(21)22;/h4-9,12,14,18-19,26H,3,10-11,13H2,1-2H3,(H2,23,24,25);1H. The van der Waals surface area contributed by atoms with Gasteiger partial charge in [0.05, 0.1) is 18.9 Å². The van der Waals surface area contributed by atoms with Crippen molar-refractivity contribution in [2.45, 2.75) is 45.4 Å². The van der Waals surface area contributed by atoms with Crippen molar-refractivity contribution in [2.24, 2.45) is 4.99 Å². The minimum atomic E-state index is -2.87. The Hall–Kier alpha value is -1.88. The summed E-state index contributed by atoms with van der Waals surface area (Å²) in [6.45, 7) is 1.99. The van der Waals surface area contributed by atoms with Gasteiger partial charge in [0.2, 0.25) is 0 Å². The number of ether oxygens (including phenoxy) is 1. The summed E-state index contributed by atoms with van der Waals surface area (Å²) in [6, 6.07) is 9.86. The average Bonchev–Trinajstić information content (AvgIpc) is 3.19. The van der Waals surface area contributed by atoms with Crippen molar-refractivity contribution in [3.63, 3.8) is 0 Å². The number of aliphatic imine (C=N–C) groups is 1. The lowest BCUT2D eigenvalue weighted by Gasteiger charge is -2.18. The van der Waals surface area contributed by atoms with E-state index in [1.807, 2.05) is 19.1 Å². The number of alkyl halides is 2. The number of benzene rings is 1. The van der Waals surface area contributed by atoms with Crippen molar-refractivity contribution in [1.82, 2.24) is 10.6 Å². The molecule has 0 saturated heterocycles. The zero-order valence-electron chi connectivity index (χ0n) is 16.5. The molecule has 0 aliphatic heterocycles. The van der Waals surface area contributed by atoms with Crippen LogP contribution in [0.25, 0.3) is 0 Å². The number of nitrogens with one attached hydrogen (secondary N) is 2. The van der Waals surface area contributed by atoms with Crippen LogP contribution in [-0.4, -0.2) is 36.8 Å². The third-order valence-corrected chi connectivity index (χ3v) is 4.15. The van der Waals surface area contributed by atoms with E-state index in [9.17, 15) is 13.9 Å². The van der Waals surface area contributed by atoms with Crippen molar-refractivity contribution < 1.29 is 23.0 Å². The summed E-state index contributed by atoms with van der Waals surface area (Å²) >= 11 is 0. The van der Waals surface area contributed by atoms with Crippen LogP contribution in [0.5, 0.6) is 5.75 Å². The van der Waals surface area contributed by atoms with Gasteiger partial charge in [-0.3, -0.25) is 4.99 Å². The molecule has 2 aromatic rings. The minimum Gasteiger partial charge on any atom is -0.469 e. The third-order valence-electron chi connectivity index (χ3n) is 4.15. The Labute approximate surface area is 186 Å². The summed E-state index contributed by atoms with van der Waals surface area (Å²) in [5.74, 6) is 1.52. The molecule has 1 aromatic carbocycles. The molecule has 6 nitrogen and oxygen atoms in total. The number of nitrogens with zero attached hydrogens (tertiary/aromatic N) is 1. The molecule has 2 rings (SSSR count). The number of aliphatic hydroxyl groups excluding tert-OH is 1. The first kappa shape index (κ1) is 25.2. The Kier molecular flexibility index (Phi) is 11.6. The highest BCUT2D eigenvalue weighted by molar-refractivity contribution is 14.0. The molecule has 0 radical (unpaired) electrons. The number of aliphatic hydroxyl groups is 1. The molecule has 0 bridgehead atoms. The molecule has 0 amide bonds. The van der Waals surface area contributed by atoms with E-state index in [-0.39, 0.29) is 42.3 Å². The van der Waals surface area contributed by atoms with Gasteiger partial charge in [-0.05, 0) is 43.2 Å². The second-order valence-electron chi connectivity index (χ2n) is 6.36. The number of rotatable bonds is 10. The van der Waals surface area contributed by atoms with Crippen molar-refractivity contribution in [3.05, 3.63) is 54.0 Å². The zero-order valence-corrected chi connectivity index (χ0v) is 18.8. The molecule has 0 aliphatic rings. The summed E-state index contributed by atoms with van der Waals surface area (Å²) < 4.78 is 34.0. The maximum absolute atomic E-state index is 12.2. The largest absolute Gasteiger partial charge is 0.469 e.